The Balaban J connectivity index is 1.45. The summed E-state index contributed by atoms with van der Waals surface area (Å²) in [5, 5.41) is 3.03. The molecule has 0 unspecified atom stereocenters. The highest BCUT2D eigenvalue weighted by Gasteiger charge is 2.25. The zero-order valence-corrected chi connectivity index (χ0v) is 15.4. The van der Waals surface area contributed by atoms with Crippen molar-refractivity contribution in [3.05, 3.63) is 35.9 Å². The molecule has 2 amide bonds. The van der Waals surface area contributed by atoms with E-state index in [2.05, 4.69) is 5.32 Å². The number of piperidine rings is 1. The van der Waals surface area contributed by atoms with Crippen molar-refractivity contribution in [3.63, 3.8) is 0 Å². The average Bonchev–Trinajstić information content (AvgIpc) is 3.49. The Labute approximate surface area is 155 Å². The number of nitrogens with zero attached hydrogens (tertiary/aromatic N) is 1. The molecule has 0 radical (unpaired) electrons. The quantitative estimate of drug-likeness (QED) is 0.764. The number of carbonyl (C=O) groups excluding carboxylic acids is 2. The highest BCUT2D eigenvalue weighted by Crippen LogP contribution is 2.23. The highest BCUT2D eigenvalue weighted by molar-refractivity contribution is 5.91. The molecule has 3 rings (SSSR count). The van der Waals surface area contributed by atoms with Crippen molar-refractivity contribution < 1.29 is 14.3 Å². The smallest absolute Gasteiger partial charge is 0.246 e. The Kier molecular flexibility index (Phi) is 6.31. The number of hydrogen-bond donors (Lipinski definition) is 1. The number of nitrogens with one attached hydrogen (secondary N) is 1. The normalized spacial score (nSPS) is 20.2. The molecule has 1 N–H and O–H groups in total. The lowest BCUT2D eigenvalue weighted by atomic mass is 9.93. The van der Waals surface area contributed by atoms with E-state index in [1.165, 1.54) is 0 Å². The van der Waals surface area contributed by atoms with Gasteiger partial charge in [-0.05, 0) is 61.8 Å². The molecular weight excluding hydrogens is 328 g/mol. The molecule has 0 bridgehead atoms. The van der Waals surface area contributed by atoms with Crippen molar-refractivity contribution in [1.82, 2.24) is 10.2 Å². The minimum Gasteiger partial charge on any atom is -0.497 e. The van der Waals surface area contributed by atoms with Gasteiger partial charge in [0.05, 0.1) is 7.11 Å². The van der Waals surface area contributed by atoms with Gasteiger partial charge in [0, 0.05) is 31.6 Å². The monoisotopic (exact) mass is 356 g/mol. The first-order chi connectivity index (χ1) is 12.6. The number of rotatable bonds is 7. The third-order valence-corrected chi connectivity index (χ3v) is 5.09. The Morgan fingerprint density at radius 3 is 2.69 bits per heavy atom. The van der Waals surface area contributed by atoms with Crippen LogP contribution < -0.4 is 10.1 Å². The van der Waals surface area contributed by atoms with Crippen LogP contribution in [0.15, 0.2) is 30.3 Å². The maximum absolute atomic E-state index is 12.5. The molecule has 2 fully saturated rings. The number of carbonyl (C=O) groups is 2. The van der Waals surface area contributed by atoms with E-state index in [4.69, 9.17) is 4.74 Å². The summed E-state index contributed by atoms with van der Waals surface area (Å²) in [4.78, 5) is 26.2. The largest absolute Gasteiger partial charge is 0.497 e. The molecule has 140 valence electrons. The van der Waals surface area contributed by atoms with Gasteiger partial charge in [0.15, 0.2) is 0 Å². The van der Waals surface area contributed by atoms with E-state index in [-0.39, 0.29) is 11.8 Å². The first-order valence-electron chi connectivity index (χ1n) is 9.54. The second-order valence-corrected chi connectivity index (χ2v) is 7.28. The predicted molar refractivity (Wildman–Crippen MR) is 102 cm³/mol. The van der Waals surface area contributed by atoms with Crippen molar-refractivity contribution >= 4 is 17.9 Å². The van der Waals surface area contributed by atoms with Crippen molar-refractivity contribution in [2.24, 2.45) is 5.92 Å². The summed E-state index contributed by atoms with van der Waals surface area (Å²) in [6.45, 7) is 1.55. The fraction of sp³-hybridized carbons (Fsp3) is 0.524. The Morgan fingerprint density at radius 1 is 1.23 bits per heavy atom. The fourth-order valence-corrected chi connectivity index (χ4v) is 3.35. The van der Waals surface area contributed by atoms with Gasteiger partial charge in [-0.1, -0.05) is 12.1 Å². The lowest BCUT2D eigenvalue weighted by molar-refractivity contribution is -0.127. The molecule has 1 saturated carbocycles. The minimum atomic E-state index is 0.0490. The summed E-state index contributed by atoms with van der Waals surface area (Å²) in [7, 11) is 1.64. The van der Waals surface area contributed by atoms with Crippen LogP contribution in [0.3, 0.4) is 0 Å². The van der Waals surface area contributed by atoms with Gasteiger partial charge in [-0.3, -0.25) is 9.59 Å². The second kappa shape index (κ2) is 8.88. The van der Waals surface area contributed by atoms with Gasteiger partial charge in [-0.2, -0.15) is 0 Å². The zero-order valence-electron chi connectivity index (χ0n) is 15.4. The molecule has 0 spiro atoms. The zero-order chi connectivity index (χ0) is 18.4. The first-order valence-corrected chi connectivity index (χ1v) is 9.54. The van der Waals surface area contributed by atoms with Gasteiger partial charge in [-0.15, -0.1) is 0 Å². The predicted octanol–water partition coefficient (Wildman–Crippen LogP) is 3.01. The molecule has 1 aliphatic heterocycles. The van der Waals surface area contributed by atoms with Gasteiger partial charge in [0.2, 0.25) is 11.8 Å². The molecule has 1 aliphatic carbocycles. The van der Waals surface area contributed by atoms with Gasteiger partial charge in [0.25, 0.3) is 0 Å². The van der Waals surface area contributed by atoms with E-state index in [1.807, 2.05) is 35.2 Å². The van der Waals surface area contributed by atoms with Crippen LogP contribution in [0, 0.1) is 5.92 Å². The molecule has 5 heteroatoms. The molecule has 26 heavy (non-hydrogen) atoms. The number of amides is 2. The van der Waals surface area contributed by atoms with Crippen molar-refractivity contribution in [3.8, 4) is 5.75 Å². The molecule has 0 aromatic heterocycles. The topological polar surface area (TPSA) is 58.6 Å². The number of methoxy groups -OCH3 is 1. The Morgan fingerprint density at radius 2 is 2.00 bits per heavy atom. The summed E-state index contributed by atoms with van der Waals surface area (Å²) < 4.78 is 5.14. The number of benzene rings is 1. The first kappa shape index (κ1) is 18.5. The van der Waals surface area contributed by atoms with Gasteiger partial charge in [-0.25, -0.2) is 0 Å². The van der Waals surface area contributed by atoms with Crippen molar-refractivity contribution in [2.75, 3.05) is 20.2 Å². The molecular formula is C21H28N2O3. The van der Waals surface area contributed by atoms with Crippen LogP contribution in [-0.4, -0.2) is 43.0 Å². The van der Waals surface area contributed by atoms with Crippen LogP contribution in [0.5, 0.6) is 5.75 Å². The molecule has 1 heterocycles. The van der Waals surface area contributed by atoms with E-state index in [9.17, 15) is 9.59 Å². The van der Waals surface area contributed by atoms with Crippen LogP contribution in [0.4, 0.5) is 0 Å². The Bertz CT molecular complexity index is 650. The van der Waals surface area contributed by atoms with Crippen LogP contribution in [0.1, 0.15) is 44.1 Å². The standard InChI is InChI=1S/C21H28N2O3/c1-26-19-10-4-16(5-11-19)7-13-21(25)23-14-2-3-17(15-23)6-12-20(24)22-18-8-9-18/h4-5,7,10-11,13,17-18H,2-3,6,8-9,12,14-15H2,1H3,(H,22,24)/b13-7+/t17-/m1/s1. The molecule has 5 nitrogen and oxygen atoms in total. The second-order valence-electron chi connectivity index (χ2n) is 7.28. The third-order valence-electron chi connectivity index (χ3n) is 5.09. The van der Waals surface area contributed by atoms with E-state index < -0.39 is 0 Å². The molecule has 1 atom stereocenters. The van der Waals surface area contributed by atoms with Crippen molar-refractivity contribution in [2.45, 2.75) is 44.6 Å². The van der Waals surface area contributed by atoms with Gasteiger partial charge >= 0.3 is 0 Å². The molecule has 1 aromatic carbocycles. The summed E-state index contributed by atoms with van der Waals surface area (Å²) in [6.07, 6.45) is 9.28. The van der Waals surface area contributed by atoms with E-state index in [0.29, 0.717) is 18.4 Å². The van der Waals surface area contributed by atoms with Gasteiger partial charge in [0.1, 0.15) is 5.75 Å². The SMILES string of the molecule is COc1ccc(/C=C/C(=O)N2CCC[C@H](CCC(=O)NC3CC3)C2)cc1. The number of likely N-dealkylation sites (tertiary alicyclic amines) is 1. The number of ether oxygens (including phenoxy) is 1. The molecule has 1 saturated heterocycles. The van der Waals surface area contributed by atoms with Crippen molar-refractivity contribution in [1.29, 1.82) is 0 Å². The summed E-state index contributed by atoms with van der Waals surface area (Å²) in [5.41, 5.74) is 0.976. The summed E-state index contributed by atoms with van der Waals surface area (Å²) >= 11 is 0. The summed E-state index contributed by atoms with van der Waals surface area (Å²) in [6, 6.07) is 8.05. The van der Waals surface area contributed by atoms with Crippen LogP contribution in [0.2, 0.25) is 0 Å². The van der Waals surface area contributed by atoms with Crippen LogP contribution in [-0.2, 0) is 9.59 Å². The molecule has 2 aliphatic rings. The Hall–Kier alpha value is -2.30. The average molecular weight is 356 g/mol. The van der Waals surface area contributed by atoms with E-state index >= 15 is 0 Å². The number of hydrogen-bond acceptors (Lipinski definition) is 3. The van der Waals surface area contributed by atoms with E-state index in [0.717, 1.165) is 56.5 Å². The minimum absolute atomic E-state index is 0.0490. The third kappa shape index (κ3) is 5.61. The molecule has 1 aromatic rings. The summed E-state index contributed by atoms with van der Waals surface area (Å²) in [5.74, 6) is 1.44. The maximum Gasteiger partial charge on any atom is 0.246 e. The van der Waals surface area contributed by atoms with Crippen LogP contribution >= 0.6 is 0 Å². The fourth-order valence-electron chi connectivity index (χ4n) is 3.35. The lowest BCUT2D eigenvalue weighted by Crippen LogP contribution is -2.39. The van der Waals surface area contributed by atoms with Gasteiger partial charge < -0.3 is 15.0 Å². The lowest BCUT2D eigenvalue weighted by Gasteiger charge is -2.32. The van der Waals surface area contributed by atoms with Crippen LogP contribution in [0.25, 0.3) is 6.08 Å². The highest BCUT2D eigenvalue weighted by atomic mass is 16.5. The maximum atomic E-state index is 12.5. The van der Waals surface area contributed by atoms with E-state index in [1.54, 1.807) is 13.2 Å².